The second kappa shape index (κ2) is 6.30. The van der Waals surface area contributed by atoms with Crippen LogP contribution in [0.2, 0.25) is 0 Å². The lowest BCUT2D eigenvalue weighted by atomic mass is 10.1. The third-order valence-electron chi connectivity index (χ3n) is 3.32. The molecule has 2 rings (SSSR count). The maximum absolute atomic E-state index is 12.1. The second-order valence-corrected chi connectivity index (χ2v) is 6.72. The molecular formula is C13H20N4O2S. The molecule has 1 aliphatic heterocycles. The van der Waals surface area contributed by atoms with Gasteiger partial charge in [0.2, 0.25) is 16.9 Å². The molecular weight excluding hydrogens is 276 g/mol. The van der Waals surface area contributed by atoms with Gasteiger partial charge in [-0.15, -0.1) is 10.2 Å². The van der Waals surface area contributed by atoms with Gasteiger partial charge in [0, 0.05) is 19.5 Å². The number of carbonyl (C=O) groups excluding carboxylic acids is 2. The molecule has 0 spiro atoms. The van der Waals surface area contributed by atoms with Crippen LogP contribution in [0.4, 0.5) is 5.13 Å². The molecule has 20 heavy (non-hydrogen) atoms. The van der Waals surface area contributed by atoms with E-state index in [2.05, 4.69) is 29.4 Å². The average Bonchev–Trinajstić information content (AvgIpc) is 2.93. The molecule has 0 aliphatic carbocycles. The first-order valence-corrected chi connectivity index (χ1v) is 7.66. The molecule has 6 nitrogen and oxygen atoms in total. The van der Waals surface area contributed by atoms with Crippen LogP contribution < -0.4 is 5.32 Å². The van der Waals surface area contributed by atoms with Gasteiger partial charge in [-0.25, -0.2) is 0 Å². The van der Waals surface area contributed by atoms with Crippen LogP contribution in [-0.4, -0.2) is 40.0 Å². The van der Waals surface area contributed by atoms with Gasteiger partial charge < -0.3 is 10.2 Å². The Morgan fingerprint density at radius 1 is 1.50 bits per heavy atom. The molecule has 0 aromatic carbocycles. The van der Waals surface area contributed by atoms with Gasteiger partial charge in [0.25, 0.3) is 0 Å². The van der Waals surface area contributed by atoms with Crippen LogP contribution in [0.1, 0.15) is 31.7 Å². The summed E-state index contributed by atoms with van der Waals surface area (Å²) < 4.78 is 0. The second-order valence-electron chi connectivity index (χ2n) is 5.54. The maximum atomic E-state index is 12.1. The van der Waals surface area contributed by atoms with Crippen LogP contribution in [-0.2, 0) is 9.59 Å². The lowest BCUT2D eigenvalue weighted by Gasteiger charge is -2.17. The molecule has 2 amide bonds. The highest BCUT2D eigenvalue weighted by Crippen LogP contribution is 2.22. The topological polar surface area (TPSA) is 75.2 Å². The van der Waals surface area contributed by atoms with Crippen molar-refractivity contribution in [3.63, 3.8) is 0 Å². The third kappa shape index (κ3) is 3.75. The summed E-state index contributed by atoms with van der Waals surface area (Å²) in [6.45, 7) is 7.33. The SMILES string of the molecule is Cc1nnc(NC(=O)[C@@H]2CC(=O)N(CCC(C)C)C2)s1. The van der Waals surface area contributed by atoms with Crippen molar-refractivity contribution >= 4 is 28.3 Å². The minimum Gasteiger partial charge on any atom is -0.342 e. The molecule has 1 saturated heterocycles. The van der Waals surface area contributed by atoms with Crippen molar-refractivity contribution < 1.29 is 9.59 Å². The first-order valence-electron chi connectivity index (χ1n) is 6.84. The number of aryl methyl sites for hydroxylation is 1. The Kier molecular flexibility index (Phi) is 4.69. The Hall–Kier alpha value is -1.50. The molecule has 0 radical (unpaired) electrons. The van der Waals surface area contributed by atoms with E-state index in [0.29, 0.717) is 24.0 Å². The monoisotopic (exact) mass is 296 g/mol. The van der Waals surface area contributed by atoms with Crippen molar-refractivity contribution in [2.24, 2.45) is 11.8 Å². The quantitative estimate of drug-likeness (QED) is 0.897. The van der Waals surface area contributed by atoms with Gasteiger partial charge in [-0.2, -0.15) is 0 Å². The Morgan fingerprint density at radius 2 is 2.25 bits per heavy atom. The van der Waals surface area contributed by atoms with Crippen molar-refractivity contribution in [3.8, 4) is 0 Å². The van der Waals surface area contributed by atoms with Crippen LogP contribution in [0.25, 0.3) is 0 Å². The Morgan fingerprint density at radius 3 is 2.85 bits per heavy atom. The highest BCUT2D eigenvalue weighted by Gasteiger charge is 2.34. The van der Waals surface area contributed by atoms with E-state index in [1.165, 1.54) is 11.3 Å². The fourth-order valence-corrected chi connectivity index (χ4v) is 2.73. The molecule has 1 aromatic rings. The number of rotatable bonds is 5. The van der Waals surface area contributed by atoms with Gasteiger partial charge >= 0.3 is 0 Å². The van der Waals surface area contributed by atoms with E-state index < -0.39 is 0 Å². The van der Waals surface area contributed by atoms with E-state index in [-0.39, 0.29) is 17.7 Å². The van der Waals surface area contributed by atoms with Gasteiger partial charge in [-0.3, -0.25) is 9.59 Å². The van der Waals surface area contributed by atoms with Crippen molar-refractivity contribution in [1.29, 1.82) is 0 Å². The molecule has 1 N–H and O–H groups in total. The molecule has 1 fully saturated rings. The zero-order valence-corrected chi connectivity index (χ0v) is 12.9. The van der Waals surface area contributed by atoms with E-state index in [9.17, 15) is 9.59 Å². The Bertz CT molecular complexity index is 500. The van der Waals surface area contributed by atoms with Gasteiger partial charge in [0.15, 0.2) is 0 Å². The average molecular weight is 296 g/mol. The zero-order chi connectivity index (χ0) is 14.7. The van der Waals surface area contributed by atoms with Crippen LogP contribution in [0.3, 0.4) is 0 Å². The first kappa shape index (κ1) is 14.9. The van der Waals surface area contributed by atoms with Crippen LogP contribution in [0.5, 0.6) is 0 Å². The van der Waals surface area contributed by atoms with E-state index in [1.54, 1.807) is 4.90 Å². The van der Waals surface area contributed by atoms with E-state index in [0.717, 1.165) is 18.0 Å². The van der Waals surface area contributed by atoms with Gasteiger partial charge in [-0.1, -0.05) is 25.2 Å². The molecule has 1 atom stereocenters. The highest BCUT2D eigenvalue weighted by molar-refractivity contribution is 7.15. The number of amides is 2. The summed E-state index contributed by atoms with van der Waals surface area (Å²) in [5.41, 5.74) is 0. The standard InChI is InChI=1S/C13H20N4O2S/c1-8(2)4-5-17-7-10(6-11(17)18)12(19)14-13-16-15-9(3)20-13/h8,10H,4-7H2,1-3H3,(H,14,16,19)/t10-/m1/s1. The Balaban J connectivity index is 1.87. The smallest absolute Gasteiger partial charge is 0.231 e. The summed E-state index contributed by atoms with van der Waals surface area (Å²) in [6, 6.07) is 0. The van der Waals surface area contributed by atoms with Gasteiger partial charge in [-0.05, 0) is 19.3 Å². The predicted octanol–water partition coefficient (Wildman–Crippen LogP) is 1.68. The molecule has 0 saturated carbocycles. The predicted molar refractivity (Wildman–Crippen MR) is 77.4 cm³/mol. The first-order chi connectivity index (χ1) is 9.45. The minimum atomic E-state index is -0.279. The zero-order valence-electron chi connectivity index (χ0n) is 12.0. The summed E-state index contributed by atoms with van der Waals surface area (Å²) in [4.78, 5) is 25.8. The van der Waals surface area contributed by atoms with Crippen LogP contribution in [0, 0.1) is 18.8 Å². The summed E-state index contributed by atoms with van der Waals surface area (Å²) >= 11 is 1.34. The summed E-state index contributed by atoms with van der Waals surface area (Å²) in [7, 11) is 0. The van der Waals surface area contributed by atoms with Gasteiger partial charge in [0.05, 0.1) is 5.92 Å². The molecule has 110 valence electrons. The molecule has 1 aliphatic rings. The molecule has 7 heteroatoms. The number of carbonyl (C=O) groups is 2. The fourth-order valence-electron chi connectivity index (χ4n) is 2.13. The van der Waals surface area contributed by atoms with Crippen molar-refractivity contribution in [2.45, 2.75) is 33.6 Å². The number of hydrogen-bond acceptors (Lipinski definition) is 5. The number of nitrogens with one attached hydrogen (secondary N) is 1. The molecule has 0 bridgehead atoms. The van der Waals surface area contributed by atoms with E-state index >= 15 is 0 Å². The lowest BCUT2D eigenvalue weighted by molar-refractivity contribution is -0.128. The van der Waals surface area contributed by atoms with Crippen molar-refractivity contribution in [2.75, 3.05) is 18.4 Å². The summed E-state index contributed by atoms with van der Waals surface area (Å²) in [6.07, 6.45) is 1.26. The van der Waals surface area contributed by atoms with E-state index in [1.807, 2.05) is 6.92 Å². The van der Waals surface area contributed by atoms with E-state index in [4.69, 9.17) is 0 Å². The largest absolute Gasteiger partial charge is 0.342 e. The Labute approximate surface area is 122 Å². The minimum absolute atomic E-state index is 0.0687. The van der Waals surface area contributed by atoms with Crippen molar-refractivity contribution in [3.05, 3.63) is 5.01 Å². The molecule has 2 heterocycles. The normalized spacial score (nSPS) is 18.9. The van der Waals surface area contributed by atoms with Crippen LogP contribution >= 0.6 is 11.3 Å². The molecule has 0 unspecified atom stereocenters. The van der Waals surface area contributed by atoms with Crippen LogP contribution in [0.15, 0.2) is 0 Å². The number of nitrogens with zero attached hydrogens (tertiary/aromatic N) is 3. The number of hydrogen-bond donors (Lipinski definition) is 1. The highest BCUT2D eigenvalue weighted by atomic mass is 32.1. The number of aromatic nitrogens is 2. The number of likely N-dealkylation sites (tertiary alicyclic amines) is 1. The lowest BCUT2D eigenvalue weighted by Crippen LogP contribution is -2.29. The fraction of sp³-hybridized carbons (Fsp3) is 0.692. The summed E-state index contributed by atoms with van der Waals surface area (Å²) in [5, 5.41) is 11.8. The van der Waals surface area contributed by atoms with Gasteiger partial charge in [0.1, 0.15) is 5.01 Å². The maximum Gasteiger partial charge on any atom is 0.231 e. The van der Waals surface area contributed by atoms with Crippen molar-refractivity contribution in [1.82, 2.24) is 15.1 Å². The molecule has 1 aromatic heterocycles. The summed E-state index contributed by atoms with van der Waals surface area (Å²) in [5.74, 6) is 0.208. The number of anilines is 1. The third-order valence-corrected chi connectivity index (χ3v) is 4.07.